The van der Waals surface area contributed by atoms with Crippen molar-refractivity contribution in [3.8, 4) is 0 Å². The number of para-hydroxylation sites is 1. The van der Waals surface area contributed by atoms with E-state index < -0.39 is 9.84 Å². The average Bonchev–Trinajstić information content (AvgIpc) is 2.89. The van der Waals surface area contributed by atoms with Gasteiger partial charge in [0.1, 0.15) is 0 Å². The Balaban J connectivity index is 1.78. The third-order valence-corrected chi connectivity index (χ3v) is 6.59. The third-order valence-electron chi connectivity index (χ3n) is 4.84. The Hall–Kier alpha value is -1.40. The summed E-state index contributed by atoms with van der Waals surface area (Å²) in [7, 11) is -3.02. The molecule has 0 unspecified atom stereocenters. The van der Waals surface area contributed by atoms with Gasteiger partial charge in [0.2, 0.25) is 0 Å². The second kappa shape index (κ2) is 7.01. The van der Waals surface area contributed by atoms with E-state index in [0.717, 1.165) is 18.8 Å². The number of likely N-dealkylation sites (tertiary alicyclic amines) is 1. The standard InChI is InChI=1S/C17H24N2O3S/c20-17(13-18-10-5-2-6-11-18)19(15-7-3-1-4-8-15)16-9-12-23(21,22)14-16/h1,3-4,7-8,16H,2,5-6,9-14H2/p+1/t16-/m1/s1. The number of carbonyl (C=O) groups excluding carboxylic acids is 1. The number of hydrogen-bond donors (Lipinski definition) is 1. The molecule has 2 saturated heterocycles. The van der Waals surface area contributed by atoms with E-state index in [4.69, 9.17) is 0 Å². The molecule has 1 N–H and O–H groups in total. The summed E-state index contributed by atoms with van der Waals surface area (Å²) in [6.07, 6.45) is 4.14. The van der Waals surface area contributed by atoms with Gasteiger partial charge in [-0.05, 0) is 37.8 Å². The van der Waals surface area contributed by atoms with E-state index in [-0.39, 0.29) is 23.5 Å². The van der Waals surface area contributed by atoms with Crippen molar-refractivity contribution in [2.75, 3.05) is 36.0 Å². The van der Waals surface area contributed by atoms with Gasteiger partial charge in [-0.3, -0.25) is 4.79 Å². The highest BCUT2D eigenvalue weighted by molar-refractivity contribution is 7.91. The van der Waals surface area contributed by atoms with E-state index in [9.17, 15) is 13.2 Å². The van der Waals surface area contributed by atoms with Crippen LogP contribution in [0.3, 0.4) is 0 Å². The van der Waals surface area contributed by atoms with Crippen LogP contribution < -0.4 is 9.80 Å². The predicted octanol–water partition coefficient (Wildman–Crippen LogP) is 0.276. The van der Waals surface area contributed by atoms with Crippen LogP contribution in [0.2, 0.25) is 0 Å². The smallest absolute Gasteiger partial charge is 0.282 e. The van der Waals surface area contributed by atoms with Gasteiger partial charge in [0.25, 0.3) is 5.91 Å². The molecular formula is C17H25N2O3S+. The molecule has 1 atom stereocenters. The highest BCUT2D eigenvalue weighted by Crippen LogP contribution is 2.24. The minimum Gasteiger partial charge on any atom is -0.327 e. The second-order valence-electron chi connectivity index (χ2n) is 6.64. The van der Waals surface area contributed by atoms with Crippen molar-refractivity contribution in [3.05, 3.63) is 30.3 Å². The molecule has 1 aromatic carbocycles. The van der Waals surface area contributed by atoms with Crippen LogP contribution >= 0.6 is 0 Å². The lowest BCUT2D eigenvalue weighted by Crippen LogP contribution is -3.14. The van der Waals surface area contributed by atoms with Crippen LogP contribution in [0.1, 0.15) is 25.7 Å². The minimum absolute atomic E-state index is 0.0511. The minimum atomic E-state index is -3.02. The summed E-state index contributed by atoms with van der Waals surface area (Å²) in [4.78, 5) is 16.0. The fraction of sp³-hybridized carbons (Fsp3) is 0.588. The molecular weight excluding hydrogens is 312 g/mol. The van der Waals surface area contributed by atoms with E-state index >= 15 is 0 Å². The number of rotatable bonds is 4. The Labute approximate surface area is 138 Å². The molecule has 0 aliphatic carbocycles. The summed E-state index contributed by atoms with van der Waals surface area (Å²) in [5, 5.41) is 0. The Morgan fingerprint density at radius 2 is 1.83 bits per heavy atom. The van der Waals surface area contributed by atoms with E-state index in [2.05, 4.69) is 0 Å². The van der Waals surface area contributed by atoms with E-state index in [1.54, 1.807) is 4.90 Å². The number of carbonyl (C=O) groups is 1. The summed E-state index contributed by atoms with van der Waals surface area (Å²) < 4.78 is 23.7. The fourth-order valence-corrected chi connectivity index (χ4v) is 5.35. The number of nitrogens with one attached hydrogen (secondary N) is 1. The largest absolute Gasteiger partial charge is 0.327 e. The molecule has 3 rings (SSSR count). The zero-order valence-electron chi connectivity index (χ0n) is 13.4. The SMILES string of the molecule is O=C(C[NH+]1CCCCC1)N(c1ccccc1)[C@@H]1CCS(=O)(=O)C1. The van der Waals surface area contributed by atoms with Crippen LogP contribution in [0.25, 0.3) is 0 Å². The van der Waals surface area contributed by atoms with Crippen molar-refractivity contribution in [1.29, 1.82) is 0 Å². The van der Waals surface area contributed by atoms with Crippen molar-refractivity contribution in [1.82, 2.24) is 0 Å². The quantitative estimate of drug-likeness (QED) is 0.858. The molecule has 0 spiro atoms. The van der Waals surface area contributed by atoms with Crippen molar-refractivity contribution < 1.29 is 18.1 Å². The van der Waals surface area contributed by atoms with Crippen molar-refractivity contribution >= 4 is 21.4 Å². The molecule has 1 aromatic rings. The van der Waals surface area contributed by atoms with E-state index in [0.29, 0.717) is 13.0 Å². The molecule has 6 heteroatoms. The Morgan fingerprint density at radius 1 is 1.13 bits per heavy atom. The van der Waals surface area contributed by atoms with Gasteiger partial charge in [0, 0.05) is 5.69 Å². The molecule has 2 fully saturated rings. The molecule has 0 radical (unpaired) electrons. The molecule has 0 bridgehead atoms. The first-order valence-corrected chi connectivity index (χ1v) is 10.3. The van der Waals surface area contributed by atoms with E-state index in [1.807, 2.05) is 30.3 Å². The molecule has 126 valence electrons. The third kappa shape index (κ3) is 4.12. The maximum absolute atomic E-state index is 12.9. The first-order valence-electron chi connectivity index (χ1n) is 8.46. The van der Waals surface area contributed by atoms with Gasteiger partial charge in [0.15, 0.2) is 16.4 Å². The van der Waals surface area contributed by atoms with Crippen LogP contribution in [0.15, 0.2) is 30.3 Å². The number of benzene rings is 1. The lowest BCUT2D eigenvalue weighted by molar-refractivity contribution is -0.896. The zero-order chi connectivity index (χ0) is 16.3. The van der Waals surface area contributed by atoms with Crippen LogP contribution in [0.5, 0.6) is 0 Å². The molecule has 2 aliphatic heterocycles. The van der Waals surface area contributed by atoms with Gasteiger partial charge in [-0.25, -0.2) is 8.42 Å². The first kappa shape index (κ1) is 16.5. The van der Waals surface area contributed by atoms with Gasteiger partial charge in [-0.15, -0.1) is 0 Å². The Kier molecular flexibility index (Phi) is 5.02. The molecule has 0 saturated carbocycles. The molecule has 1 amide bonds. The zero-order valence-corrected chi connectivity index (χ0v) is 14.2. The molecule has 5 nitrogen and oxygen atoms in total. The normalized spacial score (nSPS) is 24.4. The molecule has 2 heterocycles. The maximum atomic E-state index is 12.9. The summed E-state index contributed by atoms with van der Waals surface area (Å²) in [5.74, 6) is 0.323. The summed E-state index contributed by atoms with van der Waals surface area (Å²) >= 11 is 0. The summed E-state index contributed by atoms with van der Waals surface area (Å²) in [6, 6.07) is 9.27. The number of amides is 1. The second-order valence-corrected chi connectivity index (χ2v) is 8.87. The van der Waals surface area contributed by atoms with E-state index in [1.165, 1.54) is 24.2 Å². The number of nitrogens with zero attached hydrogens (tertiary/aromatic N) is 1. The lowest BCUT2D eigenvalue weighted by Gasteiger charge is -2.31. The Morgan fingerprint density at radius 3 is 2.43 bits per heavy atom. The highest BCUT2D eigenvalue weighted by Gasteiger charge is 2.36. The number of hydrogen-bond acceptors (Lipinski definition) is 3. The Bertz CT molecular complexity index is 639. The van der Waals surface area contributed by atoms with Gasteiger partial charge >= 0.3 is 0 Å². The summed E-state index contributed by atoms with van der Waals surface area (Å²) in [6.45, 7) is 2.54. The fourth-order valence-electron chi connectivity index (χ4n) is 3.65. The first-order chi connectivity index (χ1) is 11.1. The molecule has 23 heavy (non-hydrogen) atoms. The topological polar surface area (TPSA) is 58.9 Å². The van der Waals surface area contributed by atoms with Crippen LogP contribution in [-0.2, 0) is 14.6 Å². The number of piperidine rings is 1. The van der Waals surface area contributed by atoms with Crippen molar-refractivity contribution in [2.24, 2.45) is 0 Å². The molecule has 2 aliphatic rings. The van der Waals surface area contributed by atoms with Crippen LogP contribution in [-0.4, -0.2) is 51.5 Å². The van der Waals surface area contributed by atoms with Crippen LogP contribution in [0.4, 0.5) is 5.69 Å². The number of anilines is 1. The number of quaternary nitrogens is 1. The monoisotopic (exact) mass is 337 g/mol. The highest BCUT2D eigenvalue weighted by atomic mass is 32.2. The van der Waals surface area contributed by atoms with Gasteiger partial charge in [-0.2, -0.15) is 0 Å². The van der Waals surface area contributed by atoms with Gasteiger partial charge < -0.3 is 9.80 Å². The lowest BCUT2D eigenvalue weighted by atomic mass is 10.1. The van der Waals surface area contributed by atoms with Crippen LogP contribution in [0, 0.1) is 0 Å². The maximum Gasteiger partial charge on any atom is 0.282 e. The van der Waals surface area contributed by atoms with Gasteiger partial charge in [0.05, 0.1) is 30.6 Å². The average molecular weight is 337 g/mol. The molecule has 0 aromatic heterocycles. The van der Waals surface area contributed by atoms with Crippen molar-refractivity contribution in [3.63, 3.8) is 0 Å². The van der Waals surface area contributed by atoms with Gasteiger partial charge in [-0.1, -0.05) is 18.2 Å². The van der Waals surface area contributed by atoms with Crippen molar-refractivity contribution in [2.45, 2.75) is 31.7 Å². The summed E-state index contributed by atoms with van der Waals surface area (Å²) in [5.41, 5.74) is 0.816. The number of sulfone groups is 1. The predicted molar refractivity (Wildman–Crippen MR) is 90.4 cm³/mol.